The molecule has 1 aromatic rings. The van der Waals surface area contributed by atoms with E-state index < -0.39 is 0 Å². The molecule has 0 bridgehead atoms. The summed E-state index contributed by atoms with van der Waals surface area (Å²) in [6.07, 6.45) is 3.70. The molecular formula is C12H22N6O2. The number of rotatable bonds is 6. The van der Waals surface area contributed by atoms with Gasteiger partial charge in [-0.15, -0.1) is 0 Å². The fourth-order valence-electron chi connectivity index (χ4n) is 2.38. The van der Waals surface area contributed by atoms with E-state index in [0.717, 1.165) is 32.2 Å². The van der Waals surface area contributed by atoms with Crippen LogP contribution in [0.25, 0.3) is 0 Å². The van der Waals surface area contributed by atoms with Gasteiger partial charge < -0.3 is 15.2 Å². The molecule has 1 saturated carbocycles. The van der Waals surface area contributed by atoms with Crippen LogP contribution in [0.15, 0.2) is 0 Å². The summed E-state index contributed by atoms with van der Waals surface area (Å²) < 4.78 is 5.26. The molecule has 5 N–H and O–H groups in total. The van der Waals surface area contributed by atoms with E-state index in [0.29, 0.717) is 18.5 Å². The molecule has 2 atom stereocenters. The van der Waals surface area contributed by atoms with Crippen molar-refractivity contribution in [3.05, 3.63) is 0 Å². The molecule has 20 heavy (non-hydrogen) atoms. The van der Waals surface area contributed by atoms with Crippen LogP contribution in [0.4, 0.5) is 11.9 Å². The van der Waals surface area contributed by atoms with Crippen LogP contribution in [-0.4, -0.2) is 39.3 Å². The van der Waals surface area contributed by atoms with Gasteiger partial charge in [-0.25, -0.2) is 5.84 Å². The van der Waals surface area contributed by atoms with Crippen molar-refractivity contribution in [2.75, 3.05) is 23.9 Å². The average Bonchev–Trinajstić information content (AvgIpc) is 2.45. The number of hydrazine groups is 1. The van der Waals surface area contributed by atoms with Gasteiger partial charge in [0.1, 0.15) is 0 Å². The lowest BCUT2D eigenvalue weighted by atomic mass is 9.87. The van der Waals surface area contributed by atoms with E-state index in [4.69, 9.17) is 10.6 Å². The van der Waals surface area contributed by atoms with E-state index in [2.05, 4.69) is 25.7 Å². The molecule has 2 unspecified atom stereocenters. The lowest BCUT2D eigenvalue weighted by Crippen LogP contribution is -2.25. The van der Waals surface area contributed by atoms with E-state index in [-0.39, 0.29) is 18.1 Å². The smallest absolute Gasteiger partial charge is 0.323 e. The van der Waals surface area contributed by atoms with Crippen LogP contribution in [-0.2, 0) is 0 Å². The van der Waals surface area contributed by atoms with E-state index in [1.165, 1.54) is 0 Å². The highest BCUT2D eigenvalue weighted by atomic mass is 16.5. The van der Waals surface area contributed by atoms with Crippen LogP contribution < -0.4 is 21.3 Å². The maximum absolute atomic E-state index is 9.66. The van der Waals surface area contributed by atoms with Crippen molar-refractivity contribution in [3.63, 3.8) is 0 Å². The second-order valence-corrected chi connectivity index (χ2v) is 4.91. The largest absolute Gasteiger partial charge is 0.464 e. The molecular weight excluding hydrogens is 260 g/mol. The highest BCUT2D eigenvalue weighted by molar-refractivity contribution is 5.34. The van der Waals surface area contributed by atoms with Gasteiger partial charge in [-0.05, 0) is 32.1 Å². The fourth-order valence-corrected chi connectivity index (χ4v) is 2.38. The minimum absolute atomic E-state index is 0.186. The third-order valence-corrected chi connectivity index (χ3v) is 3.32. The van der Waals surface area contributed by atoms with Crippen molar-refractivity contribution in [3.8, 4) is 6.01 Å². The van der Waals surface area contributed by atoms with E-state index in [9.17, 15) is 5.11 Å². The quantitative estimate of drug-likeness (QED) is 0.440. The first-order valence-corrected chi connectivity index (χ1v) is 6.98. The number of anilines is 2. The Labute approximate surface area is 118 Å². The molecule has 2 rings (SSSR count). The Bertz CT molecular complexity index is 430. The zero-order valence-electron chi connectivity index (χ0n) is 11.7. The molecule has 1 aliphatic rings. The van der Waals surface area contributed by atoms with Crippen LogP contribution in [0.3, 0.4) is 0 Å². The Hall–Kier alpha value is -1.67. The third-order valence-electron chi connectivity index (χ3n) is 3.32. The minimum atomic E-state index is -0.186. The second-order valence-electron chi connectivity index (χ2n) is 4.91. The Kier molecular flexibility index (Phi) is 5.31. The number of nitrogen functional groups attached to an aromatic ring is 1. The van der Waals surface area contributed by atoms with Crippen molar-refractivity contribution in [2.24, 2.45) is 11.8 Å². The number of ether oxygens (including phenoxy) is 1. The number of hydrogen-bond acceptors (Lipinski definition) is 8. The summed E-state index contributed by atoms with van der Waals surface area (Å²) in [4.78, 5) is 12.3. The number of nitrogens with zero attached hydrogens (tertiary/aromatic N) is 3. The number of aromatic nitrogens is 3. The normalized spacial score (nSPS) is 22.4. The van der Waals surface area contributed by atoms with Crippen molar-refractivity contribution >= 4 is 11.9 Å². The Morgan fingerprint density at radius 1 is 1.30 bits per heavy atom. The minimum Gasteiger partial charge on any atom is -0.464 e. The number of aliphatic hydroxyl groups is 1. The van der Waals surface area contributed by atoms with Crippen LogP contribution in [0.2, 0.25) is 0 Å². The average molecular weight is 282 g/mol. The van der Waals surface area contributed by atoms with Crippen LogP contribution >= 0.6 is 0 Å². The van der Waals surface area contributed by atoms with Crippen LogP contribution in [0.1, 0.15) is 32.6 Å². The fraction of sp³-hybridized carbons (Fsp3) is 0.750. The molecule has 0 aliphatic heterocycles. The first kappa shape index (κ1) is 14.7. The predicted molar refractivity (Wildman–Crippen MR) is 75.3 cm³/mol. The van der Waals surface area contributed by atoms with Crippen LogP contribution in [0, 0.1) is 5.92 Å². The number of nitrogens with two attached hydrogens (primary N) is 1. The Morgan fingerprint density at radius 3 is 2.80 bits per heavy atom. The zero-order valence-corrected chi connectivity index (χ0v) is 11.7. The van der Waals surface area contributed by atoms with Crippen molar-refractivity contribution < 1.29 is 9.84 Å². The van der Waals surface area contributed by atoms with Crippen LogP contribution in [0.5, 0.6) is 6.01 Å². The maximum atomic E-state index is 9.66. The molecule has 0 radical (unpaired) electrons. The van der Waals surface area contributed by atoms with E-state index in [1.54, 1.807) is 0 Å². The molecule has 0 amide bonds. The van der Waals surface area contributed by atoms with Crippen molar-refractivity contribution in [1.29, 1.82) is 0 Å². The summed E-state index contributed by atoms with van der Waals surface area (Å²) in [5.41, 5.74) is 2.39. The second kappa shape index (κ2) is 7.20. The van der Waals surface area contributed by atoms with E-state index in [1.807, 2.05) is 6.92 Å². The van der Waals surface area contributed by atoms with Gasteiger partial charge in [0.15, 0.2) is 0 Å². The summed E-state index contributed by atoms with van der Waals surface area (Å²) >= 11 is 0. The van der Waals surface area contributed by atoms with Gasteiger partial charge in [0.25, 0.3) is 0 Å². The van der Waals surface area contributed by atoms with Gasteiger partial charge in [0, 0.05) is 6.54 Å². The van der Waals surface area contributed by atoms with Gasteiger partial charge in [-0.1, -0.05) is 6.42 Å². The molecule has 8 heteroatoms. The topological polar surface area (TPSA) is 118 Å². The van der Waals surface area contributed by atoms with Crippen molar-refractivity contribution in [1.82, 2.24) is 15.0 Å². The number of hydrogen-bond donors (Lipinski definition) is 4. The lowest BCUT2D eigenvalue weighted by molar-refractivity contribution is 0.104. The standard InChI is InChI=1S/C12H22N6O2/c1-2-20-12-16-10(15-11(17-12)18-13)14-7-8-4-3-5-9(19)6-8/h8-9,19H,2-7,13H2,1H3,(H2,14,15,16,17,18). The van der Waals surface area contributed by atoms with Gasteiger partial charge in [-0.3, -0.25) is 5.43 Å². The summed E-state index contributed by atoms with van der Waals surface area (Å²) in [7, 11) is 0. The molecule has 1 aliphatic carbocycles. The molecule has 1 aromatic heterocycles. The summed E-state index contributed by atoms with van der Waals surface area (Å²) in [6.45, 7) is 3.05. The predicted octanol–water partition coefficient (Wildman–Crippen LogP) is 0.519. The van der Waals surface area contributed by atoms with Gasteiger partial charge in [-0.2, -0.15) is 15.0 Å². The Morgan fingerprint density at radius 2 is 2.10 bits per heavy atom. The molecule has 0 aromatic carbocycles. The lowest BCUT2D eigenvalue weighted by Gasteiger charge is -2.25. The first-order chi connectivity index (χ1) is 9.71. The number of nitrogens with one attached hydrogen (secondary N) is 2. The summed E-state index contributed by atoms with van der Waals surface area (Å²) in [5, 5.41) is 12.8. The summed E-state index contributed by atoms with van der Waals surface area (Å²) in [6, 6.07) is 0.238. The van der Waals surface area contributed by atoms with Gasteiger partial charge >= 0.3 is 6.01 Å². The first-order valence-electron chi connectivity index (χ1n) is 6.98. The van der Waals surface area contributed by atoms with Gasteiger partial charge in [0.2, 0.25) is 11.9 Å². The third kappa shape index (κ3) is 4.17. The van der Waals surface area contributed by atoms with Gasteiger partial charge in [0.05, 0.1) is 12.7 Å². The molecule has 8 nitrogen and oxygen atoms in total. The zero-order chi connectivity index (χ0) is 14.4. The monoisotopic (exact) mass is 282 g/mol. The molecule has 1 heterocycles. The SMILES string of the molecule is CCOc1nc(NN)nc(NCC2CCCC(O)C2)n1. The Balaban J connectivity index is 1.95. The highest BCUT2D eigenvalue weighted by Gasteiger charge is 2.20. The molecule has 1 fully saturated rings. The maximum Gasteiger partial charge on any atom is 0.323 e. The summed E-state index contributed by atoms with van der Waals surface area (Å²) in [5.74, 6) is 6.44. The molecule has 0 spiro atoms. The number of aliphatic hydroxyl groups excluding tert-OH is 1. The van der Waals surface area contributed by atoms with E-state index >= 15 is 0 Å². The molecule has 0 saturated heterocycles. The molecule has 112 valence electrons. The highest BCUT2D eigenvalue weighted by Crippen LogP contribution is 2.24. The van der Waals surface area contributed by atoms with Crippen molar-refractivity contribution in [2.45, 2.75) is 38.7 Å².